The van der Waals surface area contributed by atoms with Crippen LogP contribution in [0.2, 0.25) is 5.02 Å². The molecule has 1 atom stereocenters. The summed E-state index contributed by atoms with van der Waals surface area (Å²) in [7, 11) is 0. The molecule has 4 aromatic rings. The first-order valence-electron chi connectivity index (χ1n) is 13.1. The second-order valence-electron chi connectivity index (χ2n) is 10.0. The first-order valence-corrected chi connectivity index (χ1v) is 13.4. The van der Waals surface area contributed by atoms with Crippen LogP contribution < -0.4 is 16.6 Å². The number of halogens is 1. The van der Waals surface area contributed by atoms with Crippen molar-refractivity contribution in [1.29, 1.82) is 0 Å². The van der Waals surface area contributed by atoms with Crippen LogP contribution in [0.1, 0.15) is 42.5 Å². The van der Waals surface area contributed by atoms with Crippen molar-refractivity contribution in [1.82, 2.24) is 9.55 Å². The number of nitrogens with one attached hydrogen (secondary N) is 1. The topological polar surface area (TPSA) is 126 Å². The molecule has 0 aliphatic carbocycles. The van der Waals surface area contributed by atoms with Crippen LogP contribution in [0.4, 0.5) is 11.4 Å². The number of ether oxygens (including phenoxy) is 2. The molecule has 0 spiro atoms. The lowest BCUT2D eigenvalue weighted by Gasteiger charge is -2.35. The molecule has 3 N–H and O–H groups in total. The molecule has 2 aromatic heterocycles. The minimum Gasteiger partial charge on any atom is -0.457 e. The number of fused-ring (bicyclic) bond motifs is 5. The maximum Gasteiger partial charge on any atom is 0.355 e. The lowest BCUT2D eigenvalue weighted by molar-refractivity contribution is -0.188. The van der Waals surface area contributed by atoms with E-state index in [2.05, 4.69) is 5.32 Å². The highest BCUT2D eigenvalue weighted by Gasteiger charge is 2.50. The summed E-state index contributed by atoms with van der Waals surface area (Å²) in [4.78, 5) is 43.7. The standard InChI is InChI=1S/C30H27ClN4O5/c1-3-30(40-16(2)36)21-13-24-26-19(14-35(24)28(37)20(21)15-39-29(30)38)27(25-22(32)5-4-6-23(25)34-26)33-12-11-17-7-9-18(31)10-8-17/h4-10,13H,3,11-12,14-15,32H2,1-2H3,(H,33,34)/t30-/m0/s1. The molecule has 0 fully saturated rings. The maximum atomic E-state index is 13.8. The van der Waals surface area contributed by atoms with Gasteiger partial charge >= 0.3 is 11.9 Å². The largest absolute Gasteiger partial charge is 0.457 e. The van der Waals surface area contributed by atoms with E-state index in [1.165, 1.54) is 6.92 Å². The minimum atomic E-state index is -1.70. The van der Waals surface area contributed by atoms with Crippen LogP contribution in [-0.2, 0) is 44.2 Å². The number of nitrogens with two attached hydrogens (primary N) is 1. The van der Waals surface area contributed by atoms with Crippen molar-refractivity contribution in [2.75, 3.05) is 17.6 Å². The molecule has 4 heterocycles. The highest BCUT2D eigenvalue weighted by Crippen LogP contribution is 2.44. The smallest absolute Gasteiger partial charge is 0.355 e. The number of aromatic nitrogens is 2. The van der Waals surface area contributed by atoms with E-state index in [0.29, 0.717) is 45.3 Å². The number of esters is 2. The number of hydrogen-bond donors (Lipinski definition) is 2. The highest BCUT2D eigenvalue weighted by atomic mass is 35.5. The number of nitrogen functional groups attached to an aromatic ring is 1. The van der Waals surface area contributed by atoms with E-state index in [4.69, 9.17) is 31.8 Å². The van der Waals surface area contributed by atoms with E-state index in [1.54, 1.807) is 17.6 Å². The van der Waals surface area contributed by atoms with Crippen molar-refractivity contribution < 1.29 is 19.1 Å². The fourth-order valence-corrected chi connectivity index (χ4v) is 5.86. The maximum absolute atomic E-state index is 13.8. The van der Waals surface area contributed by atoms with Crippen molar-refractivity contribution in [2.45, 2.75) is 45.4 Å². The number of rotatable bonds is 6. The van der Waals surface area contributed by atoms with Gasteiger partial charge < -0.3 is 25.1 Å². The number of hydrogen-bond acceptors (Lipinski definition) is 8. The molecule has 204 valence electrons. The Kier molecular flexibility index (Phi) is 6.26. The fourth-order valence-electron chi connectivity index (χ4n) is 5.74. The van der Waals surface area contributed by atoms with Crippen molar-refractivity contribution in [3.8, 4) is 11.4 Å². The lowest BCUT2D eigenvalue weighted by Crippen LogP contribution is -2.47. The number of anilines is 2. The molecule has 2 aromatic carbocycles. The van der Waals surface area contributed by atoms with Gasteiger partial charge in [0.05, 0.1) is 34.7 Å². The second-order valence-corrected chi connectivity index (χ2v) is 10.5. The average Bonchev–Trinajstić information content (AvgIpc) is 3.30. The third-order valence-corrected chi connectivity index (χ3v) is 7.91. The van der Waals surface area contributed by atoms with Crippen molar-refractivity contribution in [2.24, 2.45) is 0 Å². The van der Waals surface area contributed by atoms with Gasteiger partial charge in [0.25, 0.3) is 5.56 Å². The molecule has 0 bridgehead atoms. The SMILES string of the molecule is CC[C@@]1(OC(C)=O)C(=O)OCc2c1cc1n(c2=O)Cc2c-1nc1cccc(N)c1c2NCCc1ccc(Cl)cc1. The Morgan fingerprint density at radius 1 is 1.20 bits per heavy atom. The summed E-state index contributed by atoms with van der Waals surface area (Å²) in [6.07, 6.45) is 0.859. The Morgan fingerprint density at radius 3 is 2.70 bits per heavy atom. The lowest BCUT2D eigenvalue weighted by atomic mass is 9.85. The number of carbonyl (C=O) groups excluding carboxylic acids is 2. The number of pyridine rings is 2. The third-order valence-electron chi connectivity index (χ3n) is 7.66. The second kappa shape index (κ2) is 9.67. The molecule has 0 amide bonds. The van der Waals surface area contributed by atoms with E-state index in [0.717, 1.165) is 28.6 Å². The Balaban J connectivity index is 1.50. The van der Waals surface area contributed by atoms with E-state index >= 15 is 0 Å². The Labute approximate surface area is 234 Å². The van der Waals surface area contributed by atoms with Crippen molar-refractivity contribution in [3.63, 3.8) is 0 Å². The average molecular weight is 559 g/mol. The van der Waals surface area contributed by atoms with Crippen LogP contribution in [0.15, 0.2) is 53.3 Å². The number of benzene rings is 2. The summed E-state index contributed by atoms with van der Waals surface area (Å²) in [5, 5.41) is 5.02. The zero-order chi connectivity index (χ0) is 28.2. The van der Waals surface area contributed by atoms with Gasteiger partial charge in [0, 0.05) is 40.7 Å². The predicted octanol–water partition coefficient (Wildman–Crippen LogP) is 4.54. The zero-order valence-corrected chi connectivity index (χ0v) is 22.8. The molecule has 0 saturated carbocycles. The fraction of sp³-hybridized carbons (Fsp3) is 0.267. The molecule has 40 heavy (non-hydrogen) atoms. The highest BCUT2D eigenvalue weighted by molar-refractivity contribution is 6.30. The van der Waals surface area contributed by atoms with Crippen LogP contribution in [0.25, 0.3) is 22.3 Å². The Bertz CT molecular complexity index is 1770. The van der Waals surface area contributed by atoms with Gasteiger partial charge in [-0.15, -0.1) is 0 Å². The molecule has 0 unspecified atom stereocenters. The van der Waals surface area contributed by atoms with E-state index < -0.39 is 17.5 Å². The van der Waals surface area contributed by atoms with Crippen molar-refractivity contribution >= 4 is 45.8 Å². The summed E-state index contributed by atoms with van der Waals surface area (Å²) < 4.78 is 12.5. The zero-order valence-electron chi connectivity index (χ0n) is 22.0. The molecule has 9 nitrogen and oxygen atoms in total. The number of carbonyl (C=O) groups is 2. The predicted molar refractivity (Wildman–Crippen MR) is 152 cm³/mol. The molecular formula is C30H27ClN4O5. The summed E-state index contributed by atoms with van der Waals surface area (Å²) >= 11 is 6.04. The first kappa shape index (κ1) is 25.9. The monoisotopic (exact) mass is 558 g/mol. The van der Waals surface area contributed by atoms with Crippen LogP contribution in [0.5, 0.6) is 0 Å². The van der Waals surface area contributed by atoms with Crippen LogP contribution in [0.3, 0.4) is 0 Å². The van der Waals surface area contributed by atoms with Gasteiger partial charge in [-0.05, 0) is 48.7 Å². The first-order chi connectivity index (χ1) is 19.2. The van der Waals surface area contributed by atoms with E-state index in [-0.39, 0.29) is 25.1 Å². The summed E-state index contributed by atoms with van der Waals surface area (Å²) in [6, 6.07) is 15.0. The summed E-state index contributed by atoms with van der Waals surface area (Å²) in [5.74, 6) is -1.33. The third kappa shape index (κ3) is 4.00. The van der Waals surface area contributed by atoms with Gasteiger partial charge in [-0.25, -0.2) is 9.78 Å². The van der Waals surface area contributed by atoms with Gasteiger partial charge in [-0.2, -0.15) is 0 Å². The number of cyclic esters (lactones) is 1. The van der Waals surface area contributed by atoms with Crippen LogP contribution >= 0.6 is 11.6 Å². The van der Waals surface area contributed by atoms with Gasteiger partial charge in [-0.1, -0.05) is 36.7 Å². The molecule has 0 saturated heterocycles. The van der Waals surface area contributed by atoms with Crippen LogP contribution in [-0.4, -0.2) is 28.0 Å². The van der Waals surface area contributed by atoms with Gasteiger partial charge in [-0.3, -0.25) is 9.59 Å². The normalized spacial score (nSPS) is 17.1. The van der Waals surface area contributed by atoms with E-state index in [1.807, 2.05) is 42.5 Å². The molecule has 0 radical (unpaired) electrons. The summed E-state index contributed by atoms with van der Waals surface area (Å²) in [6.45, 7) is 3.63. The van der Waals surface area contributed by atoms with Crippen molar-refractivity contribution in [3.05, 3.63) is 86.2 Å². The summed E-state index contributed by atoms with van der Waals surface area (Å²) in [5.41, 5.74) is 10.2. The minimum absolute atomic E-state index is 0.118. The van der Waals surface area contributed by atoms with Gasteiger partial charge in [0.1, 0.15) is 6.61 Å². The quantitative estimate of drug-likeness (QED) is 0.230. The van der Waals surface area contributed by atoms with E-state index in [9.17, 15) is 14.4 Å². The molecular weight excluding hydrogens is 532 g/mol. The Morgan fingerprint density at radius 2 is 1.98 bits per heavy atom. The van der Waals surface area contributed by atoms with Crippen LogP contribution in [0, 0.1) is 0 Å². The van der Waals surface area contributed by atoms with Gasteiger partial charge in [0.15, 0.2) is 0 Å². The van der Waals surface area contributed by atoms with Gasteiger partial charge in [0.2, 0.25) is 5.60 Å². The molecule has 6 rings (SSSR count). The number of nitrogens with zero attached hydrogens (tertiary/aromatic N) is 2. The molecule has 2 aliphatic heterocycles. The molecule has 2 aliphatic rings. The Hall–Kier alpha value is -4.37. The molecule has 10 heteroatoms.